The van der Waals surface area contributed by atoms with Crippen LogP contribution in [0.15, 0.2) is 65.1 Å². The number of oxazole rings is 1. The number of benzene rings is 3. The molecule has 0 aliphatic carbocycles. The lowest BCUT2D eigenvalue weighted by molar-refractivity contribution is 0.103. The molecule has 0 saturated heterocycles. The normalized spacial score (nSPS) is 11.5. The summed E-state index contributed by atoms with van der Waals surface area (Å²) >= 11 is 13.8. The summed E-state index contributed by atoms with van der Waals surface area (Å²) in [7, 11) is 0. The summed E-state index contributed by atoms with van der Waals surface area (Å²) in [4.78, 5) is 17.9. The number of rotatable bonds is 5. The third-order valence-corrected chi connectivity index (χ3v) is 7.38. The van der Waals surface area contributed by atoms with E-state index in [9.17, 15) is 4.79 Å². The summed E-state index contributed by atoms with van der Waals surface area (Å²) in [6, 6.07) is 19.2. The van der Waals surface area contributed by atoms with Gasteiger partial charge >= 0.3 is 0 Å². The average Bonchev–Trinajstić information content (AvgIpc) is 3.34. The van der Waals surface area contributed by atoms with Crippen LogP contribution in [0.25, 0.3) is 21.2 Å². The smallest absolute Gasteiger partial charge is 0.267 e. The molecule has 0 unspecified atom stereocenters. The highest BCUT2D eigenvalue weighted by Crippen LogP contribution is 2.37. The molecule has 1 amide bonds. The third kappa shape index (κ3) is 4.49. The van der Waals surface area contributed by atoms with Gasteiger partial charge in [-0.3, -0.25) is 4.79 Å². The van der Waals surface area contributed by atoms with Gasteiger partial charge in [-0.1, -0.05) is 61.3 Å². The molecule has 4 nitrogen and oxygen atoms in total. The number of amides is 1. The molecule has 0 radical (unpaired) electrons. The summed E-state index contributed by atoms with van der Waals surface area (Å²) in [6.45, 7) is 4.32. The SMILES string of the molecule is CC(C)c1ccc2oc(Cc3ccc(NC(=O)c4sc5cc(Cl)ccc5c4Cl)cc3)nc2c1. The maximum absolute atomic E-state index is 12.8. The van der Waals surface area contributed by atoms with Crippen LogP contribution in [0, 0.1) is 0 Å². The minimum atomic E-state index is -0.245. The second kappa shape index (κ2) is 8.82. The lowest BCUT2D eigenvalue weighted by atomic mass is 10.0. The first-order chi connectivity index (χ1) is 15.9. The van der Waals surface area contributed by atoms with E-state index in [1.54, 1.807) is 6.07 Å². The molecule has 2 heterocycles. The number of hydrogen-bond acceptors (Lipinski definition) is 4. The third-order valence-electron chi connectivity index (χ3n) is 5.49. The van der Waals surface area contributed by atoms with Crippen molar-refractivity contribution in [2.24, 2.45) is 0 Å². The molecule has 0 bridgehead atoms. The first kappa shape index (κ1) is 22.0. The Kier molecular flexibility index (Phi) is 5.87. The summed E-state index contributed by atoms with van der Waals surface area (Å²) in [5.74, 6) is 0.862. The van der Waals surface area contributed by atoms with Gasteiger partial charge in [0.05, 0.1) is 5.02 Å². The molecule has 33 heavy (non-hydrogen) atoms. The number of hydrogen-bond donors (Lipinski definition) is 1. The number of nitrogens with zero attached hydrogens (tertiary/aromatic N) is 1. The fourth-order valence-corrected chi connectivity index (χ4v) is 5.37. The minimum Gasteiger partial charge on any atom is -0.440 e. The van der Waals surface area contributed by atoms with E-state index in [0.717, 1.165) is 26.7 Å². The van der Waals surface area contributed by atoms with Crippen LogP contribution in [0.4, 0.5) is 5.69 Å². The second-order valence-corrected chi connectivity index (χ2v) is 10.1. The van der Waals surface area contributed by atoms with Gasteiger partial charge in [0.1, 0.15) is 10.4 Å². The predicted molar refractivity (Wildman–Crippen MR) is 137 cm³/mol. The van der Waals surface area contributed by atoms with Crippen LogP contribution in [0.2, 0.25) is 10.0 Å². The number of fused-ring (bicyclic) bond motifs is 2. The molecule has 0 aliphatic heterocycles. The maximum Gasteiger partial charge on any atom is 0.267 e. The van der Waals surface area contributed by atoms with Gasteiger partial charge < -0.3 is 9.73 Å². The predicted octanol–water partition coefficient (Wildman–Crippen LogP) is 8.32. The van der Waals surface area contributed by atoms with E-state index in [2.05, 4.69) is 36.3 Å². The molecule has 166 valence electrons. The van der Waals surface area contributed by atoms with Crippen molar-refractivity contribution >= 4 is 67.3 Å². The van der Waals surface area contributed by atoms with Gasteiger partial charge in [-0.25, -0.2) is 4.98 Å². The molecule has 0 aliphatic rings. The van der Waals surface area contributed by atoms with Crippen molar-refractivity contribution in [1.29, 1.82) is 0 Å². The van der Waals surface area contributed by atoms with Gasteiger partial charge in [-0.15, -0.1) is 11.3 Å². The van der Waals surface area contributed by atoms with Crippen LogP contribution in [-0.4, -0.2) is 10.9 Å². The van der Waals surface area contributed by atoms with Gasteiger partial charge in [-0.05, 0) is 53.4 Å². The Balaban J connectivity index is 1.30. The molecule has 7 heteroatoms. The zero-order valence-electron chi connectivity index (χ0n) is 18.0. The maximum atomic E-state index is 12.8. The van der Waals surface area contributed by atoms with Crippen molar-refractivity contribution in [2.75, 3.05) is 5.32 Å². The monoisotopic (exact) mass is 494 g/mol. The molecule has 0 atom stereocenters. The number of thiophene rings is 1. The highest BCUT2D eigenvalue weighted by Gasteiger charge is 2.17. The largest absolute Gasteiger partial charge is 0.440 e. The lowest BCUT2D eigenvalue weighted by Crippen LogP contribution is -2.10. The van der Waals surface area contributed by atoms with Crippen LogP contribution >= 0.6 is 34.5 Å². The standard InChI is InChI=1S/C26H20Cl2N2O2S/c1-14(2)16-5-10-21-20(12-16)30-23(32-21)11-15-3-7-18(8-4-15)29-26(31)25-24(28)19-9-6-17(27)13-22(19)33-25/h3-10,12-14H,11H2,1-2H3,(H,29,31). The number of carbonyl (C=O) groups excluding carboxylic acids is 1. The molecular weight excluding hydrogens is 475 g/mol. The van der Waals surface area contributed by atoms with Crippen LogP contribution < -0.4 is 5.32 Å². The lowest BCUT2D eigenvalue weighted by Gasteiger charge is -2.05. The molecule has 5 rings (SSSR count). The van der Waals surface area contributed by atoms with E-state index in [0.29, 0.717) is 38.8 Å². The Hall–Kier alpha value is -2.86. The quantitative estimate of drug-likeness (QED) is 0.267. The van der Waals surface area contributed by atoms with Crippen LogP contribution in [0.5, 0.6) is 0 Å². The van der Waals surface area contributed by atoms with Gasteiger partial charge in [0.15, 0.2) is 11.5 Å². The number of carbonyl (C=O) groups is 1. The number of anilines is 1. The number of nitrogens with one attached hydrogen (secondary N) is 1. The van der Waals surface area contributed by atoms with Crippen molar-refractivity contribution in [3.8, 4) is 0 Å². The topological polar surface area (TPSA) is 55.1 Å². The first-order valence-electron chi connectivity index (χ1n) is 10.5. The Morgan fingerprint density at radius 3 is 2.61 bits per heavy atom. The van der Waals surface area contributed by atoms with Crippen molar-refractivity contribution in [2.45, 2.75) is 26.2 Å². The molecule has 1 N–H and O–H groups in total. The van der Waals surface area contributed by atoms with E-state index in [4.69, 9.17) is 27.6 Å². The van der Waals surface area contributed by atoms with Crippen LogP contribution in [0.1, 0.15) is 46.5 Å². The Bertz CT molecular complexity index is 1490. The molecule has 3 aromatic carbocycles. The van der Waals surface area contributed by atoms with E-state index in [1.165, 1.54) is 16.9 Å². The Morgan fingerprint density at radius 2 is 1.85 bits per heavy atom. The van der Waals surface area contributed by atoms with Crippen molar-refractivity contribution < 1.29 is 9.21 Å². The second-order valence-electron chi connectivity index (χ2n) is 8.20. The summed E-state index contributed by atoms with van der Waals surface area (Å²) in [5.41, 5.74) is 4.64. The van der Waals surface area contributed by atoms with Gasteiger partial charge in [0, 0.05) is 27.2 Å². The first-order valence-corrected chi connectivity index (χ1v) is 12.1. The molecule has 5 aromatic rings. The zero-order chi connectivity index (χ0) is 23.1. The Labute approximate surface area is 205 Å². The van der Waals surface area contributed by atoms with E-state index in [1.807, 2.05) is 42.5 Å². The summed E-state index contributed by atoms with van der Waals surface area (Å²) < 4.78 is 6.79. The van der Waals surface area contributed by atoms with Crippen molar-refractivity contribution in [3.05, 3.63) is 92.6 Å². The fourth-order valence-electron chi connectivity index (χ4n) is 3.68. The van der Waals surface area contributed by atoms with Crippen molar-refractivity contribution in [1.82, 2.24) is 4.98 Å². The molecule has 0 spiro atoms. The summed E-state index contributed by atoms with van der Waals surface area (Å²) in [6.07, 6.45) is 0.572. The van der Waals surface area contributed by atoms with Gasteiger partial charge in [0.25, 0.3) is 5.91 Å². The van der Waals surface area contributed by atoms with Gasteiger partial charge in [-0.2, -0.15) is 0 Å². The fraction of sp³-hybridized carbons (Fsp3) is 0.154. The van der Waals surface area contributed by atoms with Crippen LogP contribution in [-0.2, 0) is 6.42 Å². The van der Waals surface area contributed by atoms with E-state index < -0.39 is 0 Å². The minimum absolute atomic E-state index is 0.245. The Morgan fingerprint density at radius 1 is 1.06 bits per heavy atom. The van der Waals surface area contributed by atoms with E-state index in [-0.39, 0.29) is 5.91 Å². The molecule has 2 aromatic heterocycles. The highest BCUT2D eigenvalue weighted by atomic mass is 35.5. The molecule has 0 fully saturated rings. The zero-order valence-corrected chi connectivity index (χ0v) is 20.3. The molecule has 0 saturated carbocycles. The number of halogens is 2. The summed E-state index contributed by atoms with van der Waals surface area (Å²) in [5, 5.41) is 4.80. The molecular formula is C26H20Cl2N2O2S. The number of aromatic nitrogens is 1. The average molecular weight is 495 g/mol. The van der Waals surface area contributed by atoms with E-state index >= 15 is 0 Å². The van der Waals surface area contributed by atoms with Crippen molar-refractivity contribution in [3.63, 3.8) is 0 Å². The van der Waals surface area contributed by atoms with Gasteiger partial charge in [0.2, 0.25) is 0 Å². The van der Waals surface area contributed by atoms with Crippen LogP contribution in [0.3, 0.4) is 0 Å². The highest BCUT2D eigenvalue weighted by molar-refractivity contribution is 7.21.